The molecule has 1 aromatic rings. The molecule has 144 valence electrons. The number of likely N-dealkylation sites (tertiary alicyclic amines) is 1. The summed E-state index contributed by atoms with van der Waals surface area (Å²) in [5.41, 5.74) is 0. The molecule has 2 rings (SSSR count). The van der Waals surface area contributed by atoms with Crippen molar-refractivity contribution in [1.82, 2.24) is 4.90 Å². The van der Waals surface area contributed by atoms with Crippen molar-refractivity contribution in [2.24, 2.45) is 11.8 Å². The molecule has 8 heteroatoms. The van der Waals surface area contributed by atoms with E-state index in [1.807, 2.05) is 6.92 Å². The van der Waals surface area contributed by atoms with Gasteiger partial charge in [-0.05, 0) is 43.0 Å². The van der Waals surface area contributed by atoms with Crippen molar-refractivity contribution in [2.75, 3.05) is 26.0 Å². The predicted molar refractivity (Wildman–Crippen MR) is 95.8 cm³/mol. The van der Waals surface area contributed by atoms with Gasteiger partial charge in [0.25, 0.3) is 0 Å². The van der Waals surface area contributed by atoms with Crippen LogP contribution in [0, 0.1) is 11.8 Å². The lowest BCUT2D eigenvalue weighted by Crippen LogP contribution is -2.29. The summed E-state index contributed by atoms with van der Waals surface area (Å²) in [6.07, 6.45) is 2.86. The van der Waals surface area contributed by atoms with Gasteiger partial charge >= 0.3 is 5.97 Å². The Bertz CT molecular complexity index is 743. The van der Waals surface area contributed by atoms with Crippen LogP contribution in [0.4, 0.5) is 0 Å². The van der Waals surface area contributed by atoms with E-state index < -0.39 is 21.7 Å². The van der Waals surface area contributed by atoms with Gasteiger partial charge in [-0.15, -0.1) is 0 Å². The van der Waals surface area contributed by atoms with Gasteiger partial charge < -0.3 is 14.7 Å². The van der Waals surface area contributed by atoms with Crippen molar-refractivity contribution in [3.63, 3.8) is 0 Å². The number of amides is 1. The van der Waals surface area contributed by atoms with Crippen molar-refractivity contribution in [3.8, 4) is 5.75 Å². The third kappa shape index (κ3) is 5.45. The van der Waals surface area contributed by atoms with Gasteiger partial charge in [0.2, 0.25) is 5.91 Å². The third-order valence-corrected chi connectivity index (χ3v) is 5.72. The van der Waals surface area contributed by atoms with Crippen LogP contribution >= 0.6 is 0 Å². The van der Waals surface area contributed by atoms with E-state index in [2.05, 4.69) is 0 Å². The molecule has 1 fully saturated rings. The maximum atomic E-state index is 12.2. The van der Waals surface area contributed by atoms with Crippen molar-refractivity contribution < 1.29 is 27.9 Å². The molecule has 1 aliphatic heterocycles. The maximum absolute atomic E-state index is 12.2. The average molecular weight is 383 g/mol. The zero-order chi connectivity index (χ0) is 19.3. The minimum Gasteiger partial charge on any atom is -0.494 e. The SMILES string of the molecule is C[C@@H]1CN(C(=O)CCCCOc2ccc(S(C)(=O)=O)cc2)C[C@H]1C(=O)O. The Hall–Kier alpha value is -2.09. The van der Waals surface area contributed by atoms with Gasteiger partial charge in [0, 0.05) is 25.8 Å². The molecule has 1 amide bonds. The molecule has 7 nitrogen and oxygen atoms in total. The summed E-state index contributed by atoms with van der Waals surface area (Å²) >= 11 is 0. The highest BCUT2D eigenvalue weighted by Gasteiger charge is 2.36. The monoisotopic (exact) mass is 383 g/mol. The Morgan fingerprint density at radius 3 is 2.38 bits per heavy atom. The van der Waals surface area contributed by atoms with Crippen LogP contribution in [0.3, 0.4) is 0 Å². The number of hydrogen-bond donors (Lipinski definition) is 1. The lowest BCUT2D eigenvalue weighted by molar-refractivity contribution is -0.142. The number of carbonyl (C=O) groups is 2. The number of ether oxygens (including phenoxy) is 1. The number of aliphatic carboxylic acids is 1. The molecule has 0 radical (unpaired) electrons. The molecule has 0 aliphatic carbocycles. The number of sulfone groups is 1. The van der Waals surface area contributed by atoms with Crippen molar-refractivity contribution in [1.29, 1.82) is 0 Å². The summed E-state index contributed by atoms with van der Waals surface area (Å²) < 4.78 is 28.3. The van der Waals surface area contributed by atoms with E-state index in [9.17, 15) is 18.0 Å². The van der Waals surface area contributed by atoms with Crippen LogP contribution in [0.1, 0.15) is 26.2 Å². The van der Waals surface area contributed by atoms with E-state index in [-0.39, 0.29) is 16.7 Å². The van der Waals surface area contributed by atoms with Gasteiger partial charge in [-0.2, -0.15) is 0 Å². The summed E-state index contributed by atoms with van der Waals surface area (Å²) in [5.74, 6) is -0.769. The Morgan fingerprint density at radius 1 is 1.19 bits per heavy atom. The highest BCUT2D eigenvalue weighted by atomic mass is 32.2. The molecule has 0 aromatic heterocycles. The van der Waals surface area contributed by atoms with Gasteiger partial charge in [-0.1, -0.05) is 6.92 Å². The molecule has 0 spiro atoms. The number of nitrogens with zero attached hydrogens (tertiary/aromatic N) is 1. The summed E-state index contributed by atoms with van der Waals surface area (Å²) in [4.78, 5) is 25.1. The quantitative estimate of drug-likeness (QED) is 0.687. The first-order chi connectivity index (χ1) is 12.2. The predicted octanol–water partition coefficient (Wildman–Crippen LogP) is 1.82. The molecule has 0 bridgehead atoms. The zero-order valence-corrected chi connectivity index (χ0v) is 15.9. The lowest BCUT2D eigenvalue weighted by Gasteiger charge is -2.15. The maximum Gasteiger partial charge on any atom is 0.308 e. The fourth-order valence-electron chi connectivity index (χ4n) is 3.00. The van der Waals surface area contributed by atoms with Crippen LogP contribution in [-0.2, 0) is 19.4 Å². The van der Waals surface area contributed by atoms with Crippen LogP contribution in [-0.4, -0.2) is 56.3 Å². The first-order valence-corrected chi connectivity index (χ1v) is 10.5. The van der Waals surface area contributed by atoms with E-state index in [0.717, 1.165) is 6.26 Å². The van der Waals surface area contributed by atoms with E-state index in [1.165, 1.54) is 12.1 Å². The van der Waals surface area contributed by atoms with Gasteiger partial charge in [-0.25, -0.2) is 8.42 Å². The lowest BCUT2D eigenvalue weighted by atomic mass is 9.99. The highest BCUT2D eigenvalue weighted by molar-refractivity contribution is 7.90. The molecule has 1 N–H and O–H groups in total. The average Bonchev–Trinajstić information content (AvgIpc) is 2.96. The number of rotatable bonds is 8. The molecular weight excluding hydrogens is 358 g/mol. The second-order valence-electron chi connectivity index (χ2n) is 6.77. The smallest absolute Gasteiger partial charge is 0.308 e. The second-order valence-corrected chi connectivity index (χ2v) is 8.79. The van der Waals surface area contributed by atoms with Gasteiger partial charge in [0.15, 0.2) is 9.84 Å². The standard InChI is InChI=1S/C18H25NO6S/c1-13-11-19(12-16(13)18(21)22)17(20)5-3-4-10-25-14-6-8-15(9-7-14)26(2,23)24/h6-9,13,16H,3-5,10-12H2,1-2H3,(H,21,22)/t13-,16-/m1/s1. The van der Waals surface area contributed by atoms with Crippen molar-refractivity contribution in [3.05, 3.63) is 24.3 Å². The Balaban J connectivity index is 1.68. The van der Waals surface area contributed by atoms with E-state index in [1.54, 1.807) is 17.0 Å². The van der Waals surface area contributed by atoms with E-state index >= 15 is 0 Å². The van der Waals surface area contributed by atoms with Crippen LogP contribution in [0.2, 0.25) is 0 Å². The summed E-state index contributed by atoms with van der Waals surface area (Å²) in [6, 6.07) is 6.22. The topological polar surface area (TPSA) is 101 Å². The Morgan fingerprint density at radius 2 is 1.85 bits per heavy atom. The van der Waals surface area contributed by atoms with Crippen LogP contribution in [0.25, 0.3) is 0 Å². The normalized spacial score (nSPS) is 20.2. The summed E-state index contributed by atoms with van der Waals surface area (Å²) in [5, 5.41) is 9.11. The number of unbranched alkanes of at least 4 members (excludes halogenated alkanes) is 1. The van der Waals surface area contributed by atoms with E-state index in [4.69, 9.17) is 9.84 Å². The fourth-order valence-corrected chi connectivity index (χ4v) is 3.63. The fraction of sp³-hybridized carbons (Fsp3) is 0.556. The van der Waals surface area contributed by atoms with Gasteiger partial charge in [0.1, 0.15) is 5.75 Å². The molecule has 0 saturated carbocycles. The first-order valence-electron chi connectivity index (χ1n) is 8.62. The second kappa shape index (κ2) is 8.53. The van der Waals surface area contributed by atoms with Crippen molar-refractivity contribution >= 4 is 21.7 Å². The molecule has 1 heterocycles. The minimum atomic E-state index is -3.21. The highest BCUT2D eigenvalue weighted by Crippen LogP contribution is 2.24. The molecule has 2 atom stereocenters. The molecule has 0 unspecified atom stereocenters. The van der Waals surface area contributed by atoms with Gasteiger partial charge in [-0.3, -0.25) is 9.59 Å². The minimum absolute atomic E-state index is 0.0156. The first kappa shape index (κ1) is 20.2. The zero-order valence-electron chi connectivity index (χ0n) is 15.1. The Kier molecular flexibility index (Phi) is 6.63. The van der Waals surface area contributed by atoms with Crippen LogP contribution in [0.15, 0.2) is 29.2 Å². The number of hydrogen-bond acceptors (Lipinski definition) is 5. The molecule has 1 aliphatic rings. The summed E-state index contributed by atoms with van der Waals surface area (Å²) in [7, 11) is -3.21. The number of carboxylic acids is 1. The Labute approximate surface area is 153 Å². The molecule has 26 heavy (non-hydrogen) atoms. The largest absolute Gasteiger partial charge is 0.494 e. The van der Waals surface area contributed by atoms with Crippen LogP contribution < -0.4 is 4.74 Å². The molecule has 1 saturated heterocycles. The van der Waals surface area contributed by atoms with Crippen molar-refractivity contribution in [2.45, 2.75) is 31.1 Å². The number of benzene rings is 1. The third-order valence-electron chi connectivity index (χ3n) is 4.59. The summed E-state index contributed by atoms with van der Waals surface area (Å²) in [6.45, 7) is 3.08. The van der Waals surface area contributed by atoms with Crippen LogP contribution in [0.5, 0.6) is 5.75 Å². The van der Waals surface area contributed by atoms with Gasteiger partial charge in [0.05, 0.1) is 17.4 Å². The molecular formula is C18H25NO6S. The van der Waals surface area contributed by atoms with E-state index in [0.29, 0.717) is 44.7 Å². The number of carbonyl (C=O) groups excluding carboxylic acids is 1. The molecule has 1 aromatic carbocycles. The number of carboxylic acid groups (broad SMARTS) is 1.